The Labute approximate surface area is 108 Å². The van der Waals surface area contributed by atoms with Crippen LogP contribution in [-0.4, -0.2) is 18.7 Å². The van der Waals surface area contributed by atoms with Crippen LogP contribution in [0.1, 0.15) is 32.3 Å². The van der Waals surface area contributed by atoms with E-state index in [2.05, 4.69) is 12.1 Å². The smallest absolute Gasteiger partial charge is 0.315 e. The van der Waals surface area contributed by atoms with Crippen LogP contribution in [-0.2, 0) is 20.9 Å². The molecular formula is C15H20O3. The zero-order valence-electron chi connectivity index (χ0n) is 11.0. The van der Waals surface area contributed by atoms with Gasteiger partial charge in [0, 0.05) is 6.61 Å². The van der Waals surface area contributed by atoms with Crippen LogP contribution in [0, 0.1) is 5.41 Å². The molecule has 18 heavy (non-hydrogen) atoms. The van der Waals surface area contributed by atoms with Crippen molar-refractivity contribution in [2.45, 2.75) is 39.4 Å². The molecule has 1 aliphatic rings. The van der Waals surface area contributed by atoms with Crippen LogP contribution in [0.3, 0.4) is 0 Å². The molecule has 0 N–H and O–H groups in total. The quantitative estimate of drug-likeness (QED) is 0.573. The minimum absolute atomic E-state index is 0.0605. The Bertz CT molecular complexity index is 397. The topological polar surface area (TPSA) is 35.5 Å². The predicted molar refractivity (Wildman–Crippen MR) is 69.0 cm³/mol. The summed E-state index contributed by atoms with van der Waals surface area (Å²) in [6.45, 7) is 5.23. The number of ether oxygens (including phenoxy) is 2. The molecule has 1 saturated heterocycles. The minimum atomic E-state index is -0.306. The lowest BCUT2D eigenvalue weighted by molar-refractivity contribution is -0.202. The first kappa shape index (κ1) is 13.1. The van der Waals surface area contributed by atoms with E-state index in [9.17, 15) is 4.79 Å². The van der Waals surface area contributed by atoms with Crippen LogP contribution < -0.4 is 0 Å². The van der Waals surface area contributed by atoms with Crippen molar-refractivity contribution in [3.05, 3.63) is 35.9 Å². The average Bonchev–Trinajstić information content (AvgIpc) is 2.38. The summed E-state index contributed by atoms with van der Waals surface area (Å²) in [6.07, 6.45) is 1.87. The standard InChI is InChI=1S/C15H20O3/c1-15(2)13(18-14(15)16)9-6-10-17-11-12-7-4-3-5-8-12/h3-5,7-8,13H,6,9-11H2,1-2H3. The number of carbonyl (C=O) groups is 1. The Hall–Kier alpha value is -1.35. The van der Waals surface area contributed by atoms with Crippen molar-refractivity contribution in [1.82, 2.24) is 0 Å². The van der Waals surface area contributed by atoms with Gasteiger partial charge in [-0.2, -0.15) is 0 Å². The molecule has 0 spiro atoms. The second-order valence-electron chi connectivity index (χ2n) is 5.30. The Balaban J connectivity index is 1.59. The van der Waals surface area contributed by atoms with Gasteiger partial charge >= 0.3 is 5.97 Å². The molecule has 0 amide bonds. The van der Waals surface area contributed by atoms with Crippen LogP contribution in [0.2, 0.25) is 0 Å². The van der Waals surface area contributed by atoms with Crippen LogP contribution in [0.25, 0.3) is 0 Å². The zero-order valence-corrected chi connectivity index (χ0v) is 11.0. The number of carbonyl (C=O) groups excluding carboxylic acids is 1. The van der Waals surface area contributed by atoms with E-state index in [0.29, 0.717) is 13.2 Å². The van der Waals surface area contributed by atoms with Gasteiger partial charge in [0.2, 0.25) is 0 Å². The van der Waals surface area contributed by atoms with Crippen LogP contribution >= 0.6 is 0 Å². The van der Waals surface area contributed by atoms with Crippen molar-refractivity contribution in [1.29, 1.82) is 0 Å². The fraction of sp³-hybridized carbons (Fsp3) is 0.533. The number of benzene rings is 1. The largest absolute Gasteiger partial charge is 0.461 e. The van der Waals surface area contributed by atoms with Gasteiger partial charge in [0.15, 0.2) is 0 Å². The number of rotatable bonds is 6. The monoisotopic (exact) mass is 248 g/mol. The fourth-order valence-corrected chi connectivity index (χ4v) is 2.06. The Kier molecular flexibility index (Phi) is 4.02. The third-order valence-electron chi connectivity index (χ3n) is 3.45. The number of hydrogen-bond donors (Lipinski definition) is 0. The molecular weight excluding hydrogens is 228 g/mol. The highest BCUT2D eigenvalue weighted by molar-refractivity contribution is 5.82. The summed E-state index contributed by atoms with van der Waals surface area (Å²) in [4.78, 5) is 11.2. The summed E-state index contributed by atoms with van der Waals surface area (Å²) in [5.74, 6) is -0.0855. The number of cyclic esters (lactones) is 1. The van der Waals surface area contributed by atoms with E-state index in [-0.39, 0.29) is 17.5 Å². The van der Waals surface area contributed by atoms with E-state index < -0.39 is 0 Å². The molecule has 0 aromatic heterocycles. The molecule has 1 atom stereocenters. The van der Waals surface area contributed by atoms with Gasteiger partial charge < -0.3 is 9.47 Å². The first-order valence-corrected chi connectivity index (χ1v) is 6.43. The van der Waals surface area contributed by atoms with E-state index >= 15 is 0 Å². The van der Waals surface area contributed by atoms with Crippen molar-refractivity contribution in [2.24, 2.45) is 5.41 Å². The molecule has 0 bridgehead atoms. The molecule has 1 aromatic carbocycles. The van der Waals surface area contributed by atoms with Crippen LogP contribution in [0.15, 0.2) is 30.3 Å². The summed E-state index contributed by atoms with van der Waals surface area (Å²) in [5, 5.41) is 0. The molecule has 1 fully saturated rings. The SMILES string of the molecule is CC1(C)C(=O)OC1CCCOCc1ccccc1. The van der Waals surface area contributed by atoms with Crippen molar-refractivity contribution in [2.75, 3.05) is 6.61 Å². The number of hydrogen-bond acceptors (Lipinski definition) is 3. The molecule has 98 valence electrons. The fourth-order valence-electron chi connectivity index (χ4n) is 2.06. The zero-order chi connectivity index (χ0) is 13.0. The molecule has 1 aromatic rings. The van der Waals surface area contributed by atoms with Gasteiger partial charge in [-0.1, -0.05) is 30.3 Å². The van der Waals surface area contributed by atoms with E-state index in [0.717, 1.165) is 12.8 Å². The lowest BCUT2D eigenvalue weighted by atomic mass is 9.79. The average molecular weight is 248 g/mol. The van der Waals surface area contributed by atoms with Gasteiger partial charge in [0.25, 0.3) is 0 Å². The molecule has 0 saturated carbocycles. The van der Waals surface area contributed by atoms with Crippen molar-refractivity contribution < 1.29 is 14.3 Å². The highest BCUT2D eigenvalue weighted by atomic mass is 16.6. The maximum Gasteiger partial charge on any atom is 0.315 e. The molecule has 0 aliphatic carbocycles. The van der Waals surface area contributed by atoms with Crippen LogP contribution in [0.4, 0.5) is 0 Å². The molecule has 1 aliphatic heterocycles. The minimum Gasteiger partial charge on any atom is -0.461 e. The van der Waals surface area contributed by atoms with E-state index in [1.165, 1.54) is 5.56 Å². The highest BCUT2D eigenvalue weighted by Gasteiger charge is 2.49. The van der Waals surface area contributed by atoms with E-state index in [1.807, 2.05) is 32.0 Å². The maximum absolute atomic E-state index is 11.2. The summed E-state index contributed by atoms with van der Waals surface area (Å²) in [6, 6.07) is 10.1. The van der Waals surface area contributed by atoms with Gasteiger partial charge in [-0.05, 0) is 32.3 Å². The summed E-state index contributed by atoms with van der Waals surface area (Å²) in [7, 11) is 0. The third kappa shape index (κ3) is 2.91. The normalized spacial score (nSPS) is 21.2. The van der Waals surface area contributed by atoms with E-state index in [1.54, 1.807) is 0 Å². The van der Waals surface area contributed by atoms with Gasteiger partial charge in [-0.25, -0.2) is 0 Å². The molecule has 3 heteroatoms. The van der Waals surface area contributed by atoms with E-state index in [4.69, 9.17) is 9.47 Å². The van der Waals surface area contributed by atoms with Gasteiger partial charge in [-0.15, -0.1) is 0 Å². The predicted octanol–water partition coefficient (Wildman–Crippen LogP) is 2.94. The Morgan fingerprint density at radius 3 is 2.61 bits per heavy atom. The van der Waals surface area contributed by atoms with Gasteiger partial charge in [0.1, 0.15) is 6.10 Å². The molecule has 2 rings (SSSR count). The van der Waals surface area contributed by atoms with Crippen molar-refractivity contribution in [3.8, 4) is 0 Å². The molecule has 3 nitrogen and oxygen atoms in total. The Morgan fingerprint density at radius 2 is 2.00 bits per heavy atom. The highest BCUT2D eigenvalue weighted by Crippen LogP contribution is 2.37. The van der Waals surface area contributed by atoms with Gasteiger partial charge in [0.05, 0.1) is 12.0 Å². The van der Waals surface area contributed by atoms with Crippen molar-refractivity contribution >= 4 is 5.97 Å². The van der Waals surface area contributed by atoms with Crippen LogP contribution in [0.5, 0.6) is 0 Å². The molecule has 1 heterocycles. The summed E-state index contributed by atoms with van der Waals surface area (Å²) in [5.41, 5.74) is 0.882. The summed E-state index contributed by atoms with van der Waals surface area (Å²) < 4.78 is 10.7. The molecule has 0 radical (unpaired) electrons. The second-order valence-corrected chi connectivity index (χ2v) is 5.30. The lowest BCUT2D eigenvalue weighted by Crippen LogP contribution is -2.52. The van der Waals surface area contributed by atoms with Gasteiger partial charge in [-0.3, -0.25) is 4.79 Å². The molecule has 1 unspecified atom stereocenters. The second kappa shape index (κ2) is 5.53. The third-order valence-corrected chi connectivity index (χ3v) is 3.45. The first-order valence-electron chi connectivity index (χ1n) is 6.43. The summed E-state index contributed by atoms with van der Waals surface area (Å²) >= 11 is 0. The number of esters is 1. The Morgan fingerprint density at radius 1 is 1.28 bits per heavy atom. The lowest BCUT2D eigenvalue weighted by Gasteiger charge is -2.41. The van der Waals surface area contributed by atoms with Crippen molar-refractivity contribution in [3.63, 3.8) is 0 Å². The maximum atomic E-state index is 11.2. The first-order chi connectivity index (χ1) is 8.60.